The Labute approximate surface area is 269 Å². The number of benzene rings is 8. The van der Waals surface area contributed by atoms with Crippen molar-refractivity contribution in [2.24, 2.45) is 0 Å². The summed E-state index contributed by atoms with van der Waals surface area (Å²) < 4.78 is 12.7. The van der Waals surface area contributed by atoms with Crippen LogP contribution in [-0.4, -0.2) is 0 Å². The maximum absolute atomic E-state index is 6.36. The SMILES string of the molecule is CC(c1ccc(OCc2c3ccccc3cc3ccccc23)cc1)c1ccc(OCc2c3ccccc3cc3ccccc23)cc1. The fourth-order valence-electron chi connectivity index (χ4n) is 6.74. The van der Waals surface area contributed by atoms with Crippen LogP contribution in [-0.2, 0) is 13.2 Å². The third kappa shape index (κ3) is 5.33. The van der Waals surface area contributed by atoms with Gasteiger partial charge in [-0.1, -0.05) is 128 Å². The average molecular weight is 595 g/mol. The van der Waals surface area contributed by atoms with E-state index in [1.54, 1.807) is 0 Å². The summed E-state index contributed by atoms with van der Waals surface area (Å²) in [6, 6.07) is 55.8. The van der Waals surface area contributed by atoms with Gasteiger partial charge < -0.3 is 9.47 Å². The first-order chi connectivity index (χ1) is 22.7. The van der Waals surface area contributed by atoms with Crippen LogP contribution in [0.2, 0.25) is 0 Å². The van der Waals surface area contributed by atoms with Gasteiger partial charge in [0.05, 0.1) is 0 Å². The number of fused-ring (bicyclic) bond motifs is 4. The lowest BCUT2D eigenvalue weighted by molar-refractivity contribution is 0.309. The van der Waals surface area contributed by atoms with E-state index in [1.165, 1.54) is 65.3 Å². The molecule has 0 aliphatic rings. The van der Waals surface area contributed by atoms with Crippen LogP contribution in [0.4, 0.5) is 0 Å². The van der Waals surface area contributed by atoms with Crippen molar-refractivity contribution >= 4 is 43.1 Å². The van der Waals surface area contributed by atoms with E-state index in [-0.39, 0.29) is 5.92 Å². The van der Waals surface area contributed by atoms with E-state index in [0.717, 1.165) is 11.5 Å². The summed E-state index contributed by atoms with van der Waals surface area (Å²) in [5, 5.41) is 9.91. The molecule has 222 valence electrons. The molecule has 46 heavy (non-hydrogen) atoms. The zero-order valence-corrected chi connectivity index (χ0v) is 25.8. The molecule has 0 aliphatic carbocycles. The van der Waals surface area contributed by atoms with Gasteiger partial charge in [0.1, 0.15) is 24.7 Å². The molecule has 0 radical (unpaired) electrons. The predicted molar refractivity (Wildman–Crippen MR) is 192 cm³/mol. The van der Waals surface area contributed by atoms with Gasteiger partial charge in [-0.15, -0.1) is 0 Å². The molecule has 2 heteroatoms. The van der Waals surface area contributed by atoms with E-state index in [2.05, 4.69) is 165 Å². The van der Waals surface area contributed by atoms with Crippen molar-refractivity contribution < 1.29 is 9.47 Å². The Morgan fingerprint density at radius 1 is 0.391 bits per heavy atom. The summed E-state index contributed by atoms with van der Waals surface area (Å²) in [7, 11) is 0. The van der Waals surface area contributed by atoms with Crippen LogP contribution in [0.3, 0.4) is 0 Å². The van der Waals surface area contributed by atoms with E-state index < -0.39 is 0 Å². The molecule has 8 aromatic carbocycles. The Kier molecular flexibility index (Phi) is 7.32. The van der Waals surface area contributed by atoms with E-state index in [4.69, 9.17) is 9.47 Å². The molecule has 0 saturated heterocycles. The Morgan fingerprint density at radius 2 is 0.696 bits per heavy atom. The van der Waals surface area contributed by atoms with E-state index in [9.17, 15) is 0 Å². The number of hydrogen-bond acceptors (Lipinski definition) is 2. The van der Waals surface area contributed by atoms with Crippen LogP contribution in [0, 0.1) is 0 Å². The highest BCUT2D eigenvalue weighted by atomic mass is 16.5. The van der Waals surface area contributed by atoms with Crippen LogP contribution in [0.25, 0.3) is 43.1 Å². The summed E-state index contributed by atoms with van der Waals surface area (Å²) in [6.07, 6.45) is 0. The van der Waals surface area contributed by atoms with Crippen molar-refractivity contribution in [2.45, 2.75) is 26.1 Å². The highest BCUT2D eigenvalue weighted by Gasteiger charge is 2.12. The Morgan fingerprint density at radius 3 is 1.02 bits per heavy atom. The molecule has 8 aromatic rings. The number of hydrogen-bond donors (Lipinski definition) is 0. The molecule has 0 unspecified atom stereocenters. The molecule has 0 N–H and O–H groups in total. The Bertz CT molecular complexity index is 2040. The van der Waals surface area contributed by atoms with Crippen molar-refractivity contribution in [1.29, 1.82) is 0 Å². The van der Waals surface area contributed by atoms with Gasteiger partial charge in [0.25, 0.3) is 0 Å². The van der Waals surface area contributed by atoms with Crippen molar-refractivity contribution in [1.82, 2.24) is 0 Å². The second-order valence-electron chi connectivity index (χ2n) is 12.0. The van der Waals surface area contributed by atoms with Gasteiger partial charge in [-0.3, -0.25) is 0 Å². The molecule has 8 rings (SSSR count). The normalized spacial score (nSPS) is 11.5. The van der Waals surface area contributed by atoms with Crippen molar-refractivity contribution in [3.8, 4) is 11.5 Å². The lowest BCUT2D eigenvalue weighted by Gasteiger charge is -2.16. The van der Waals surface area contributed by atoms with Crippen LogP contribution in [0.1, 0.15) is 35.1 Å². The first kappa shape index (κ1) is 27.9. The molecule has 0 heterocycles. The summed E-state index contributed by atoms with van der Waals surface area (Å²) in [5.41, 5.74) is 4.95. The minimum atomic E-state index is 0.243. The zero-order chi connectivity index (χ0) is 30.9. The first-order valence-electron chi connectivity index (χ1n) is 16.0. The quantitative estimate of drug-likeness (QED) is 0.163. The largest absolute Gasteiger partial charge is 0.489 e. The number of rotatable bonds is 8. The van der Waals surface area contributed by atoms with Crippen LogP contribution in [0.5, 0.6) is 11.5 Å². The predicted octanol–water partition coefficient (Wildman–Crippen LogP) is 11.6. The summed E-state index contributed by atoms with van der Waals surface area (Å²) in [6.45, 7) is 3.29. The Hall–Kier alpha value is -5.60. The van der Waals surface area contributed by atoms with Gasteiger partial charge in [0, 0.05) is 17.0 Å². The fraction of sp³-hybridized carbons (Fsp3) is 0.0909. The molecule has 0 amide bonds. The van der Waals surface area contributed by atoms with Gasteiger partial charge in [-0.2, -0.15) is 0 Å². The topological polar surface area (TPSA) is 18.5 Å². The maximum Gasteiger partial charge on any atom is 0.119 e. The van der Waals surface area contributed by atoms with Crippen molar-refractivity contribution in [2.75, 3.05) is 0 Å². The minimum Gasteiger partial charge on any atom is -0.489 e. The fourth-order valence-corrected chi connectivity index (χ4v) is 6.74. The molecule has 0 atom stereocenters. The minimum absolute atomic E-state index is 0.243. The monoisotopic (exact) mass is 594 g/mol. The molecular formula is C44H34O2. The van der Waals surface area contributed by atoms with Gasteiger partial charge in [-0.05, 0) is 90.6 Å². The lowest BCUT2D eigenvalue weighted by atomic mass is 9.93. The third-order valence-corrected chi connectivity index (χ3v) is 9.29. The molecule has 0 saturated carbocycles. The summed E-state index contributed by atoms with van der Waals surface area (Å²) in [4.78, 5) is 0. The van der Waals surface area contributed by atoms with Crippen molar-refractivity contribution in [3.63, 3.8) is 0 Å². The molecule has 0 fully saturated rings. The van der Waals surface area contributed by atoms with E-state index >= 15 is 0 Å². The molecule has 0 aromatic heterocycles. The summed E-state index contributed by atoms with van der Waals surface area (Å²) >= 11 is 0. The molecular weight excluding hydrogens is 560 g/mol. The van der Waals surface area contributed by atoms with Crippen LogP contribution in [0.15, 0.2) is 158 Å². The highest BCUT2D eigenvalue weighted by molar-refractivity contribution is 6.03. The van der Waals surface area contributed by atoms with Gasteiger partial charge in [0.2, 0.25) is 0 Å². The maximum atomic E-state index is 6.36. The highest BCUT2D eigenvalue weighted by Crippen LogP contribution is 2.33. The molecule has 0 spiro atoms. The third-order valence-electron chi connectivity index (χ3n) is 9.29. The molecule has 0 bridgehead atoms. The zero-order valence-electron chi connectivity index (χ0n) is 25.8. The van der Waals surface area contributed by atoms with Crippen LogP contribution < -0.4 is 9.47 Å². The smallest absolute Gasteiger partial charge is 0.119 e. The summed E-state index contributed by atoms with van der Waals surface area (Å²) in [5.74, 6) is 1.99. The van der Waals surface area contributed by atoms with E-state index in [0.29, 0.717) is 13.2 Å². The van der Waals surface area contributed by atoms with Gasteiger partial charge >= 0.3 is 0 Å². The van der Waals surface area contributed by atoms with Gasteiger partial charge in [0.15, 0.2) is 0 Å². The lowest BCUT2D eigenvalue weighted by Crippen LogP contribution is -2.00. The Balaban J connectivity index is 0.961. The standard InChI is InChI=1S/C44H34O2/c1-30(31-18-22-37(23-19-31)45-28-43-39-14-6-2-10-33(39)26-34-11-3-7-15-40(34)43)32-20-24-38(25-21-32)46-29-44-41-16-8-4-12-35(41)27-36-13-5-9-17-42(36)44/h2-27,30H,28-29H2,1H3. The van der Waals surface area contributed by atoms with Crippen LogP contribution >= 0.6 is 0 Å². The average Bonchev–Trinajstić information content (AvgIpc) is 3.12. The second-order valence-corrected chi connectivity index (χ2v) is 12.0. The molecule has 2 nitrogen and oxygen atoms in total. The van der Waals surface area contributed by atoms with E-state index in [1.807, 2.05) is 0 Å². The number of ether oxygens (including phenoxy) is 2. The second kappa shape index (κ2) is 12.1. The first-order valence-corrected chi connectivity index (χ1v) is 16.0. The van der Waals surface area contributed by atoms with Crippen molar-refractivity contribution in [3.05, 3.63) is 180 Å². The van der Waals surface area contributed by atoms with Gasteiger partial charge in [-0.25, -0.2) is 0 Å². The molecule has 0 aliphatic heterocycles.